The van der Waals surface area contributed by atoms with Crippen molar-refractivity contribution in [2.24, 2.45) is 17.6 Å². The topological polar surface area (TPSA) is 64.3 Å². The number of ether oxygens (including phenoxy) is 1. The molecule has 0 aliphatic heterocycles. The van der Waals surface area contributed by atoms with Gasteiger partial charge in [0.15, 0.2) is 0 Å². The third-order valence-electron chi connectivity index (χ3n) is 3.54. The van der Waals surface area contributed by atoms with E-state index < -0.39 is 6.04 Å². The quantitative estimate of drug-likeness (QED) is 0.670. The fourth-order valence-corrected chi connectivity index (χ4v) is 2.18. The third-order valence-corrected chi connectivity index (χ3v) is 3.54. The van der Waals surface area contributed by atoms with Gasteiger partial charge in [0.05, 0.1) is 6.04 Å². The van der Waals surface area contributed by atoms with Crippen molar-refractivity contribution in [2.45, 2.75) is 44.2 Å². The van der Waals surface area contributed by atoms with Gasteiger partial charge in [-0.3, -0.25) is 4.79 Å². The highest BCUT2D eigenvalue weighted by molar-refractivity contribution is 5.81. The van der Waals surface area contributed by atoms with E-state index in [-0.39, 0.29) is 5.91 Å². The van der Waals surface area contributed by atoms with Gasteiger partial charge in [-0.05, 0) is 43.9 Å². The van der Waals surface area contributed by atoms with Crippen LogP contribution in [0.2, 0.25) is 0 Å². The van der Waals surface area contributed by atoms with Crippen LogP contribution in [0.5, 0.6) is 0 Å². The minimum atomic E-state index is -0.417. The van der Waals surface area contributed by atoms with Crippen molar-refractivity contribution < 1.29 is 9.53 Å². The lowest BCUT2D eigenvalue weighted by molar-refractivity contribution is -0.123. The minimum absolute atomic E-state index is 0.000787. The van der Waals surface area contributed by atoms with Gasteiger partial charge in [-0.15, -0.1) is 0 Å². The normalized spacial score (nSPS) is 22.2. The summed E-state index contributed by atoms with van der Waals surface area (Å²) in [5, 5.41) is 3.13. The van der Waals surface area contributed by atoms with E-state index in [4.69, 9.17) is 10.5 Å². The molecule has 0 bridgehead atoms. The van der Waals surface area contributed by atoms with Crippen molar-refractivity contribution in [3.8, 4) is 0 Å². The number of nitrogens with two attached hydrogens (primary N) is 1. The van der Waals surface area contributed by atoms with Crippen molar-refractivity contribution in [2.75, 3.05) is 13.7 Å². The fourth-order valence-electron chi connectivity index (χ4n) is 2.18. The van der Waals surface area contributed by atoms with Gasteiger partial charge in [-0.1, -0.05) is 0 Å². The molecule has 1 atom stereocenters. The van der Waals surface area contributed by atoms with Crippen LogP contribution in [0, 0.1) is 11.8 Å². The standard InChI is InChI=1S/C12H22N2O2/c1-16-7-6-10(13)12(15)14-11(8-2-3-8)9-4-5-9/h8-11H,2-7,13H2,1H3,(H,14,15). The summed E-state index contributed by atoms with van der Waals surface area (Å²) in [5.41, 5.74) is 5.80. The number of hydrogen-bond donors (Lipinski definition) is 2. The maximum atomic E-state index is 11.8. The first-order valence-electron chi connectivity index (χ1n) is 6.27. The number of amides is 1. The summed E-state index contributed by atoms with van der Waals surface area (Å²) in [6, 6.07) is -0.0129. The number of carbonyl (C=O) groups excluding carboxylic acids is 1. The molecule has 2 fully saturated rings. The van der Waals surface area contributed by atoms with Crippen molar-refractivity contribution in [3.05, 3.63) is 0 Å². The van der Waals surface area contributed by atoms with E-state index in [1.54, 1.807) is 7.11 Å². The number of methoxy groups -OCH3 is 1. The largest absolute Gasteiger partial charge is 0.385 e. The van der Waals surface area contributed by atoms with Crippen LogP contribution in [-0.4, -0.2) is 31.7 Å². The Morgan fingerprint density at radius 3 is 2.38 bits per heavy atom. The molecule has 16 heavy (non-hydrogen) atoms. The van der Waals surface area contributed by atoms with Crippen LogP contribution in [0.4, 0.5) is 0 Å². The van der Waals surface area contributed by atoms with Gasteiger partial charge in [-0.2, -0.15) is 0 Å². The molecule has 2 rings (SSSR count). The lowest BCUT2D eigenvalue weighted by Gasteiger charge is -2.20. The summed E-state index contributed by atoms with van der Waals surface area (Å²) in [7, 11) is 1.63. The van der Waals surface area contributed by atoms with E-state index in [0.29, 0.717) is 19.1 Å². The molecule has 0 heterocycles. The van der Waals surface area contributed by atoms with Crippen LogP contribution in [0.25, 0.3) is 0 Å². The SMILES string of the molecule is COCCC(N)C(=O)NC(C1CC1)C1CC1. The van der Waals surface area contributed by atoms with Gasteiger partial charge < -0.3 is 15.8 Å². The number of carbonyl (C=O) groups is 1. The Labute approximate surface area is 96.9 Å². The second-order valence-electron chi connectivity index (χ2n) is 5.10. The Kier molecular flexibility index (Phi) is 3.82. The molecule has 2 aliphatic carbocycles. The molecule has 2 aliphatic rings. The molecule has 4 heteroatoms. The smallest absolute Gasteiger partial charge is 0.237 e. The number of hydrogen-bond acceptors (Lipinski definition) is 3. The zero-order valence-electron chi connectivity index (χ0n) is 9.95. The van der Waals surface area contributed by atoms with Crippen molar-refractivity contribution >= 4 is 5.91 Å². The predicted molar refractivity (Wildman–Crippen MR) is 61.8 cm³/mol. The van der Waals surface area contributed by atoms with E-state index >= 15 is 0 Å². The van der Waals surface area contributed by atoms with E-state index in [1.807, 2.05) is 0 Å². The van der Waals surface area contributed by atoms with Crippen LogP contribution in [0.15, 0.2) is 0 Å². The van der Waals surface area contributed by atoms with Crippen LogP contribution >= 0.6 is 0 Å². The van der Waals surface area contributed by atoms with Crippen LogP contribution in [0.3, 0.4) is 0 Å². The lowest BCUT2D eigenvalue weighted by atomic mass is 10.1. The van der Waals surface area contributed by atoms with E-state index in [9.17, 15) is 4.79 Å². The molecule has 1 amide bonds. The zero-order chi connectivity index (χ0) is 11.5. The molecular formula is C12H22N2O2. The molecule has 1 unspecified atom stereocenters. The molecule has 0 spiro atoms. The summed E-state index contributed by atoms with van der Waals surface area (Å²) in [4.78, 5) is 11.8. The predicted octanol–water partition coefficient (Wildman–Crippen LogP) is 0.655. The average Bonchev–Trinajstić information content (AvgIpc) is 3.15. The second-order valence-corrected chi connectivity index (χ2v) is 5.10. The molecule has 0 aromatic carbocycles. The first-order chi connectivity index (χ1) is 7.72. The van der Waals surface area contributed by atoms with Gasteiger partial charge in [0.25, 0.3) is 0 Å². The molecule has 92 valence electrons. The maximum Gasteiger partial charge on any atom is 0.237 e. The zero-order valence-corrected chi connectivity index (χ0v) is 9.95. The maximum absolute atomic E-state index is 11.8. The van der Waals surface area contributed by atoms with E-state index in [0.717, 1.165) is 11.8 Å². The molecule has 2 saturated carbocycles. The number of nitrogens with one attached hydrogen (secondary N) is 1. The van der Waals surface area contributed by atoms with Gasteiger partial charge >= 0.3 is 0 Å². The van der Waals surface area contributed by atoms with Gasteiger partial charge in [0, 0.05) is 19.8 Å². The Hall–Kier alpha value is -0.610. The summed E-state index contributed by atoms with van der Waals surface area (Å²) < 4.78 is 4.93. The number of rotatable bonds is 7. The molecule has 0 radical (unpaired) electrons. The van der Waals surface area contributed by atoms with Crippen molar-refractivity contribution in [1.29, 1.82) is 0 Å². The van der Waals surface area contributed by atoms with Crippen molar-refractivity contribution in [3.63, 3.8) is 0 Å². The molecule has 3 N–H and O–H groups in total. The second kappa shape index (κ2) is 5.15. The first-order valence-corrected chi connectivity index (χ1v) is 6.27. The minimum Gasteiger partial charge on any atom is -0.385 e. The fraction of sp³-hybridized carbons (Fsp3) is 0.917. The van der Waals surface area contributed by atoms with Gasteiger partial charge in [-0.25, -0.2) is 0 Å². The Bertz CT molecular complexity index is 237. The highest BCUT2D eigenvalue weighted by Gasteiger charge is 2.42. The summed E-state index contributed by atoms with van der Waals surface area (Å²) in [6.45, 7) is 0.548. The van der Waals surface area contributed by atoms with Crippen LogP contribution < -0.4 is 11.1 Å². The highest BCUT2D eigenvalue weighted by atomic mass is 16.5. The Morgan fingerprint density at radius 1 is 1.38 bits per heavy atom. The highest BCUT2D eigenvalue weighted by Crippen LogP contribution is 2.44. The van der Waals surface area contributed by atoms with Crippen LogP contribution in [0.1, 0.15) is 32.1 Å². The lowest BCUT2D eigenvalue weighted by Crippen LogP contribution is -2.47. The third kappa shape index (κ3) is 3.19. The summed E-state index contributed by atoms with van der Waals surface area (Å²) in [5.74, 6) is 1.46. The summed E-state index contributed by atoms with van der Waals surface area (Å²) >= 11 is 0. The van der Waals surface area contributed by atoms with Gasteiger partial charge in [0.2, 0.25) is 5.91 Å². The monoisotopic (exact) mass is 226 g/mol. The summed E-state index contributed by atoms with van der Waals surface area (Å²) in [6.07, 6.45) is 5.69. The van der Waals surface area contributed by atoms with Gasteiger partial charge in [0.1, 0.15) is 0 Å². The molecule has 0 saturated heterocycles. The Balaban J connectivity index is 1.75. The molecule has 4 nitrogen and oxygen atoms in total. The van der Waals surface area contributed by atoms with E-state index in [2.05, 4.69) is 5.32 Å². The Morgan fingerprint density at radius 2 is 1.94 bits per heavy atom. The van der Waals surface area contributed by atoms with Crippen molar-refractivity contribution in [1.82, 2.24) is 5.32 Å². The van der Waals surface area contributed by atoms with Crippen LogP contribution in [-0.2, 0) is 9.53 Å². The molecular weight excluding hydrogens is 204 g/mol. The average molecular weight is 226 g/mol. The first kappa shape index (κ1) is 11.9. The molecule has 0 aromatic heterocycles. The molecule has 0 aromatic rings. The van der Waals surface area contributed by atoms with E-state index in [1.165, 1.54) is 25.7 Å².